The lowest BCUT2D eigenvalue weighted by atomic mass is 10.1. The number of anilines is 2. The molecule has 2 heterocycles. The van der Waals surface area contributed by atoms with E-state index in [1.165, 1.54) is 0 Å². The van der Waals surface area contributed by atoms with Crippen LogP contribution in [0.25, 0.3) is 11.3 Å². The van der Waals surface area contributed by atoms with Crippen LogP contribution in [-0.2, 0) is 6.42 Å². The zero-order valence-corrected chi connectivity index (χ0v) is 10.8. The molecule has 2 N–H and O–H groups in total. The van der Waals surface area contributed by atoms with E-state index < -0.39 is 0 Å². The van der Waals surface area contributed by atoms with Gasteiger partial charge in [-0.2, -0.15) is 0 Å². The molecule has 1 aliphatic rings. The molecule has 0 saturated heterocycles. The molecule has 0 radical (unpaired) electrons. The molecule has 1 aromatic carbocycles. The Morgan fingerprint density at radius 3 is 3.11 bits per heavy atom. The third-order valence-corrected chi connectivity index (χ3v) is 3.27. The summed E-state index contributed by atoms with van der Waals surface area (Å²) in [5.41, 5.74) is 4.24. The summed E-state index contributed by atoms with van der Waals surface area (Å²) in [6.45, 7) is 0.864. The lowest BCUT2D eigenvalue weighted by Crippen LogP contribution is -2.03. The first-order valence-electron chi connectivity index (χ1n) is 5.85. The highest BCUT2D eigenvalue weighted by atomic mass is 35.5. The molecule has 2 aromatic rings. The van der Waals surface area contributed by atoms with Gasteiger partial charge < -0.3 is 10.6 Å². The largest absolute Gasteiger partial charge is 0.384 e. The van der Waals surface area contributed by atoms with Crippen molar-refractivity contribution >= 4 is 23.2 Å². The standard InChI is InChI=1S/C13H13ClN4/c1-15-13-17-7-8-4-5-16-11-6-9(14)2-3-10(11)12(8)18-13/h2-3,6-7,16H,4-5H2,1H3,(H,15,17,18). The van der Waals surface area contributed by atoms with Crippen LogP contribution in [0.4, 0.5) is 11.6 Å². The Morgan fingerprint density at radius 2 is 2.28 bits per heavy atom. The molecule has 0 saturated carbocycles. The topological polar surface area (TPSA) is 49.8 Å². The van der Waals surface area contributed by atoms with E-state index in [4.69, 9.17) is 11.6 Å². The number of benzene rings is 1. The average molecular weight is 261 g/mol. The normalized spacial score (nSPS) is 13.0. The minimum absolute atomic E-state index is 0.636. The molecule has 0 spiro atoms. The highest BCUT2D eigenvalue weighted by Crippen LogP contribution is 2.34. The lowest BCUT2D eigenvalue weighted by Gasteiger charge is -2.09. The number of hydrogen-bond donors (Lipinski definition) is 2. The summed E-state index contributed by atoms with van der Waals surface area (Å²) in [7, 11) is 1.82. The first-order chi connectivity index (χ1) is 8.78. The Hall–Kier alpha value is -1.81. The van der Waals surface area contributed by atoms with Crippen molar-refractivity contribution < 1.29 is 0 Å². The molecule has 0 bridgehead atoms. The SMILES string of the molecule is CNc1ncc2c(n1)-c1ccc(Cl)cc1NCC2. The number of halogens is 1. The fourth-order valence-corrected chi connectivity index (χ4v) is 2.32. The number of aromatic nitrogens is 2. The molecule has 4 nitrogen and oxygen atoms in total. The van der Waals surface area contributed by atoms with Gasteiger partial charge in [-0.25, -0.2) is 9.97 Å². The van der Waals surface area contributed by atoms with Crippen LogP contribution in [0.1, 0.15) is 5.56 Å². The maximum absolute atomic E-state index is 6.03. The lowest BCUT2D eigenvalue weighted by molar-refractivity contribution is 1.000. The monoisotopic (exact) mass is 260 g/mol. The maximum atomic E-state index is 6.03. The first kappa shape index (κ1) is 11.3. The minimum Gasteiger partial charge on any atom is -0.384 e. The molecule has 0 unspecified atom stereocenters. The molecule has 0 amide bonds. The van der Waals surface area contributed by atoms with E-state index >= 15 is 0 Å². The van der Waals surface area contributed by atoms with Crippen LogP contribution in [0.2, 0.25) is 5.02 Å². The van der Waals surface area contributed by atoms with Crippen LogP contribution in [0.5, 0.6) is 0 Å². The van der Waals surface area contributed by atoms with E-state index in [1.807, 2.05) is 31.4 Å². The molecule has 5 heteroatoms. The van der Waals surface area contributed by atoms with Crippen LogP contribution in [0.15, 0.2) is 24.4 Å². The third kappa shape index (κ3) is 1.88. The molecule has 18 heavy (non-hydrogen) atoms. The maximum Gasteiger partial charge on any atom is 0.222 e. The summed E-state index contributed by atoms with van der Waals surface area (Å²) in [5.74, 6) is 0.636. The van der Waals surface area contributed by atoms with Gasteiger partial charge in [0.1, 0.15) is 0 Å². The van der Waals surface area contributed by atoms with Crippen molar-refractivity contribution in [3.63, 3.8) is 0 Å². The fraction of sp³-hybridized carbons (Fsp3) is 0.231. The predicted octanol–water partition coefficient (Wildman–Crippen LogP) is 2.81. The second-order valence-electron chi connectivity index (χ2n) is 4.18. The van der Waals surface area contributed by atoms with E-state index in [-0.39, 0.29) is 0 Å². The van der Waals surface area contributed by atoms with Gasteiger partial charge in [0.05, 0.1) is 5.69 Å². The first-order valence-corrected chi connectivity index (χ1v) is 6.23. The van der Waals surface area contributed by atoms with Crippen molar-refractivity contribution in [2.75, 3.05) is 24.2 Å². The number of rotatable bonds is 1. The molecular weight excluding hydrogens is 248 g/mol. The summed E-state index contributed by atoms with van der Waals surface area (Å²) < 4.78 is 0. The fourth-order valence-electron chi connectivity index (χ4n) is 2.14. The van der Waals surface area contributed by atoms with Crippen molar-refractivity contribution in [2.45, 2.75) is 6.42 Å². The van der Waals surface area contributed by atoms with Gasteiger partial charge in [-0.1, -0.05) is 11.6 Å². The van der Waals surface area contributed by atoms with Gasteiger partial charge in [-0.15, -0.1) is 0 Å². The summed E-state index contributed by atoms with van der Waals surface area (Å²) in [5, 5.41) is 7.08. The van der Waals surface area contributed by atoms with E-state index in [9.17, 15) is 0 Å². The zero-order chi connectivity index (χ0) is 12.5. The van der Waals surface area contributed by atoms with E-state index in [0.29, 0.717) is 5.95 Å². The van der Waals surface area contributed by atoms with Gasteiger partial charge in [0.15, 0.2) is 0 Å². The summed E-state index contributed by atoms with van der Waals surface area (Å²) >= 11 is 6.03. The number of nitrogens with zero attached hydrogens (tertiary/aromatic N) is 2. The quantitative estimate of drug-likeness (QED) is 0.828. The molecule has 3 rings (SSSR count). The molecule has 1 aliphatic heterocycles. The highest BCUT2D eigenvalue weighted by molar-refractivity contribution is 6.31. The van der Waals surface area contributed by atoms with E-state index in [0.717, 1.165) is 40.5 Å². The number of nitrogens with one attached hydrogen (secondary N) is 2. The Labute approximate surface area is 110 Å². The van der Waals surface area contributed by atoms with Crippen LogP contribution >= 0.6 is 11.6 Å². The molecule has 0 aliphatic carbocycles. The van der Waals surface area contributed by atoms with Gasteiger partial charge in [0.25, 0.3) is 0 Å². The van der Waals surface area contributed by atoms with E-state index in [2.05, 4.69) is 20.6 Å². The summed E-state index contributed by atoms with van der Waals surface area (Å²) in [6, 6.07) is 5.83. The van der Waals surface area contributed by atoms with Gasteiger partial charge in [0, 0.05) is 36.1 Å². The highest BCUT2D eigenvalue weighted by Gasteiger charge is 2.16. The smallest absolute Gasteiger partial charge is 0.222 e. The van der Waals surface area contributed by atoms with Gasteiger partial charge in [0.2, 0.25) is 5.95 Å². The van der Waals surface area contributed by atoms with Crippen LogP contribution < -0.4 is 10.6 Å². The van der Waals surface area contributed by atoms with Crippen molar-refractivity contribution in [2.24, 2.45) is 0 Å². The third-order valence-electron chi connectivity index (χ3n) is 3.03. The van der Waals surface area contributed by atoms with Crippen LogP contribution in [0.3, 0.4) is 0 Å². The Morgan fingerprint density at radius 1 is 1.39 bits per heavy atom. The molecular formula is C13H13ClN4. The molecule has 0 fully saturated rings. The Bertz CT molecular complexity index is 598. The molecule has 1 aromatic heterocycles. The average Bonchev–Trinajstić information content (AvgIpc) is 2.56. The van der Waals surface area contributed by atoms with Gasteiger partial charge in [-0.3, -0.25) is 0 Å². The summed E-state index contributed by atoms with van der Waals surface area (Å²) in [6.07, 6.45) is 2.80. The molecule has 0 atom stereocenters. The van der Waals surface area contributed by atoms with Gasteiger partial charge in [-0.05, 0) is 30.2 Å². The van der Waals surface area contributed by atoms with Crippen molar-refractivity contribution in [3.8, 4) is 11.3 Å². The second kappa shape index (κ2) is 4.46. The minimum atomic E-state index is 0.636. The van der Waals surface area contributed by atoms with Crippen molar-refractivity contribution in [1.82, 2.24) is 9.97 Å². The number of fused-ring (bicyclic) bond motifs is 3. The second-order valence-corrected chi connectivity index (χ2v) is 4.62. The zero-order valence-electron chi connectivity index (χ0n) is 10.00. The molecule has 92 valence electrons. The van der Waals surface area contributed by atoms with Crippen molar-refractivity contribution in [3.05, 3.63) is 35.0 Å². The Kier molecular flexibility index (Phi) is 2.80. The van der Waals surface area contributed by atoms with E-state index in [1.54, 1.807) is 0 Å². The van der Waals surface area contributed by atoms with Crippen LogP contribution in [0, 0.1) is 0 Å². The predicted molar refractivity (Wildman–Crippen MR) is 74.2 cm³/mol. The van der Waals surface area contributed by atoms with Crippen molar-refractivity contribution in [1.29, 1.82) is 0 Å². The number of hydrogen-bond acceptors (Lipinski definition) is 4. The van der Waals surface area contributed by atoms with Crippen LogP contribution in [-0.4, -0.2) is 23.6 Å². The summed E-state index contributed by atoms with van der Waals surface area (Å²) in [4.78, 5) is 8.82. The Balaban J connectivity index is 2.22. The van der Waals surface area contributed by atoms with Gasteiger partial charge >= 0.3 is 0 Å².